The van der Waals surface area contributed by atoms with Gasteiger partial charge in [-0.15, -0.1) is 0 Å². The Morgan fingerprint density at radius 1 is 1.18 bits per heavy atom. The van der Waals surface area contributed by atoms with Gasteiger partial charge in [0.15, 0.2) is 0 Å². The number of hydrogen-bond donors (Lipinski definition) is 0. The molecular formula is C11H19. The van der Waals surface area contributed by atoms with Gasteiger partial charge in [-0.1, -0.05) is 38.2 Å². The zero-order valence-corrected chi connectivity index (χ0v) is 7.88. The molecule has 0 amide bonds. The van der Waals surface area contributed by atoms with Gasteiger partial charge in [0.05, 0.1) is 0 Å². The molecule has 0 spiro atoms. The molecule has 0 rings (SSSR count). The Kier molecular flexibility index (Phi) is 7.23. The maximum Gasteiger partial charge on any atom is -0.0133 e. The smallest absolute Gasteiger partial charge is 0.0133 e. The summed E-state index contributed by atoms with van der Waals surface area (Å²) in [6.07, 6.45) is 13.0. The lowest BCUT2D eigenvalue weighted by molar-refractivity contribution is 0.663. The minimum atomic E-state index is 0.779. The maximum absolute atomic E-state index is 2.23. The van der Waals surface area contributed by atoms with Gasteiger partial charge in [-0.25, -0.2) is 0 Å². The molecule has 0 fully saturated rings. The highest BCUT2D eigenvalue weighted by molar-refractivity contribution is 4.99. The van der Waals surface area contributed by atoms with Gasteiger partial charge in [-0.2, -0.15) is 0 Å². The highest BCUT2D eigenvalue weighted by Gasteiger charge is 1.85. The molecule has 0 N–H and O–H groups in total. The van der Waals surface area contributed by atoms with Crippen LogP contribution in [0.3, 0.4) is 0 Å². The van der Waals surface area contributed by atoms with Crippen LogP contribution in [0.5, 0.6) is 0 Å². The minimum Gasteiger partial charge on any atom is -0.0916 e. The van der Waals surface area contributed by atoms with Crippen LogP contribution in [0.1, 0.15) is 33.6 Å². The monoisotopic (exact) mass is 151 g/mol. The second kappa shape index (κ2) is 7.59. The highest BCUT2D eigenvalue weighted by atomic mass is 13.9. The van der Waals surface area contributed by atoms with Crippen LogP contribution in [-0.2, 0) is 0 Å². The zero-order valence-electron chi connectivity index (χ0n) is 7.88. The summed E-state index contributed by atoms with van der Waals surface area (Å²) >= 11 is 0. The van der Waals surface area contributed by atoms with Crippen molar-refractivity contribution >= 4 is 0 Å². The third kappa shape index (κ3) is 9.48. The third-order valence-corrected chi connectivity index (χ3v) is 1.39. The topological polar surface area (TPSA) is 0 Å². The lowest BCUT2D eigenvalue weighted by atomic mass is 10.1. The van der Waals surface area contributed by atoms with Gasteiger partial charge in [-0.3, -0.25) is 0 Å². The molecule has 0 aromatic carbocycles. The van der Waals surface area contributed by atoms with Crippen molar-refractivity contribution in [3.05, 3.63) is 30.7 Å². The van der Waals surface area contributed by atoms with Crippen LogP contribution in [0.15, 0.2) is 24.3 Å². The van der Waals surface area contributed by atoms with E-state index < -0.39 is 0 Å². The van der Waals surface area contributed by atoms with Crippen LogP contribution in [0.4, 0.5) is 0 Å². The van der Waals surface area contributed by atoms with Gasteiger partial charge in [0.25, 0.3) is 0 Å². The van der Waals surface area contributed by atoms with E-state index in [-0.39, 0.29) is 0 Å². The summed E-state index contributed by atoms with van der Waals surface area (Å²) in [5.74, 6) is 0.779. The van der Waals surface area contributed by atoms with Crippen molar-refractivity contribution in [2.75, 3.05) is 0 Å². The van der Waals surface area contributed by atoms with Crippen LogP contribution in [0.25, 0.3) is 0 Å². The summed E-state index contributed by atoms with van der Waals surface area (Å²) < 4.78 is 0. The lowest BCUT2D eigenvalue weighted by Crippen LogP contribution is -1.80. The standard InChI is InChI=1S/C11H19/c1-4-5-6-7-8-9-10-11(2)3/h4-5,7-9,11H,6,10H2,1-3H3. The summed E-state index contributed by atoms with van der Waals surface area (Å²) in [7, 11) is 0. The van der Waals surface area contributed by atoms with Crippen molar-refractivity contribution in [2.45, 2.75) is 33.6 Å². The van der Waals surface area contributed by atoms with Crippen molar-refractivity contribution < 1.29 is 0 Å². The van der Waals surface area contributed by atoms with Gasteiger partial charge in [0.1, 0.15) is 0 Å². The van der Waals surface area contributed by atoms with Gasteiger partial charge in [0, 0.05) is 0 Å². The number of hydrogen-bond acceptors (Lipinski definition) is 0. The Morgan fingerprint density at radius 3 is 2.45 bits per heavy atom. The molecule has 0 saturated carbocycles. The first-order valence-electron chi connectivity index (χ1n) is 4.37. The summed E-state index contributed by atoms with van der Waals surface area (Å²) in [4.78, 5) is 0. The molecule has 0 heterocycles. The van der Waals surface area contributed by atoms with Crippen LogP contribution in [0, 0.1) is 12.3 Å². The van der Waals surface area contributed by atoms with E-state index in [0.717, 1.165) is 12.3 Å². The van der Waals surface area contributed by atoms with Crippen molar-refractivity contribution in [1.82, 2.24) is 0 Å². The van der Waals surface area contributed by atoms with E-state index >= 15 is 0 Å². The van der Waals surface area contributed by atoms with Crippen molar-refractivity contribution in [3.63, 3.8) is 0 Å². The Hall–Kier alpha value is -0.520. The van der Waals surface area contributed by atoms with Crippen LogP contribution < -0.4 is 0 Å². The van der Waals surface area contributed by atoms with Crippen molar-refractivity contribution in [3.8, 4) is 0 Å². The fourth-order valence-corrected chi connectivity index (χ4v) is 0.740. The fraction of sp³-hybridized carbons (Fsp3) is 0.545. The molecule has 0 aliphatic rings. The van der Waals surface area contributed by atoms with E-state index in [1.165, 1.54) is 6.42 Å². The third-order valence-electron chi connectivity index (χ3n) is 1.39. The number of allylic oxidation sites excluding steroid dienone is 4. The number of unbranched alkanes of at least 4 members (excludes halogenated alkanes) is 1. The summed E-state index contributed by atoms with van der Waals surface area (Å²) in [5.41, 5.74) is 0. The summed E-state index contributed by atoms with van der Waals surface area (Å²) in [5, 5.41) is 0. The Bertz CT molecular complexity index is 118. The van der Waals surface area contributed by atoms with Gasteiger partial charge in [0.2, 0.25) is 0 Å². The van der Waals surface area contributed by atoms with Gasteiger partial charge in [-0.05, 0) is 32.1 Å². The summed E-state index contributed by atoms with van der Waals surface area (Å²) in [6.45, 7) is 6.51. The van der Waals surface area contributed by atoms with E-state index in [1.807, 2.05) is 6.92 Å². The normalized spacial score (nSPS) is 12.4. The quantitative estimate of drug-likeness (QED) is 0.414. The second-order valence-corrected chi connectivity index (χ2v) is 3.10. The first-order chi connectivity index (χ1) is 5.27. The van der Waals surface area contributed by atoms with Crippen LogP contribution in [-0.4, -0.2) is 0 Å². The maximum atomic E-state index is 2.23. The summed E-state index contributed by atoms with van der Waals surface area (Å²) in [6, 6.07) is 0. The average molecular weight is 151 g/mol. The molecule has 0 atom stereocenters. The highest BCUT2D eigenvalue weighted by Crippen LogP contribution is 2.01. The molecule has 0 saturated heterocycles. The van der Waals surface area contributed by atoms with Gasteiger partial charge < -0.3 is 0 Å². The Morgan fingerprint density at radius 2 is 1.91 bits per heavy atom. The van der Waals surface area contributed by atoms with Crippen LogP contribution in [0.2, 0.25) is 0 Å². The zero-order chi connectivity index (χ0) is 8.53. The predicted octanol–water partition coefficient (Wildman–Crippen LogP) is 3.76. The predicted molar refractivity (Wildman–Crippen MR) is 52.3 cm³/mol. The minimum absolute atomic E-state index is 0.779. The largest absolute Gasteiger partial charge is 0.0916 e. The molecule has 11 heavy (non-hydrogen) atoms. The SMILES string of the molecule is CC=CC[CH]C=CCC(C)C. The Balaban J connectivity index is 3.16. The van der Waals surface area contributed by atoms with E-state index in [9.17, 15) is 0 Å². The molecule has 63 valence electrons. The molecule has 0 bridgehead atoms. The second-order valence-electron chi connectivity index (χ2n) is 3.10. The number of rotatable bonds is 5. The average Bonchev–Trinajstić information content (AvgIpc) is 1.96. The molecule has 0 aromatic rings. The van der Waals surface area contributed by atoms with E-state index in [2.05, 4.69) is 44.6 Å². The molecule has 0 aliphatic heterocycles. The van der Waals surface area contributed by atoms with Crippen LogP contribution >= 0.6 is 0 Å². The first kappa shape index (κ1) is 10.5. The van der Waals surface area contributed by atoms with Crippen molar-refractivity contribution in [1.29, 1.82) is 0 Å². The Labute approximate surface area is 71.0 Å². The lowest BCUT2D eigenvalue weighted by Gasteiger charge is -1.95. The molecule has 0 unspecified atom stereocenters. The van der Waals surface area contributed by atoms with E-state index in [0.29, 0.717) is 0 Å². The van der Waals surface area contributed by atoms with E-state index in [1.54, 1.807) is 0 Å². The molecule has 1 radical (unpaired) electrons. The molecule has 0 nitrogen and oxygen atoms in total. The molecule has 0 aromatic heterocycles. The van der Waals surface area contributed by atoms with Gasteiger partial charge >= 0.3 is 0 Å². The van der Waals surface area contributed by atoms with Crippen molar-refractivity contribution in [2.24, 2.45) is 5.92 Å². The molecular weight excluding hydrogens is 132 g/mol. The molecule has 0 aliphatic carbocycles. The first-order valence-corrected chi connectivity index (χ1v) is 4.37. The fourth-order valence-electron chi connectivity index (χ4n) is 0.740. The van der Waals surface area contributed by atoms with E-state index in [4.69, 9.17) is 0 Å². The molecule has 0 heteroatoms.